The molecule has 0 bridgehead atoms. The molecule has 1 unspecified atom stereocenters. The monoisotopic (exact) mass is 394 g/mol. The van der Waals surface area contributed by atoms with E-state index in [0.29, 0.717) is 22.9 Å². The molecule has 1 amide bonds. The van der Waals surface area contributed by atoms with Crippen LogP contribution in [0.2, 0.25) is 0 Å². The van der Waals surface area contributed by atoms with Crippen molar-refractivity contribution in [1.82, 2.24) is 4.90 Å². The molecule has 2 aliphatic rings. The van der Waals surface area contributed by atoms with E-state index in [2.05, 4.69) is 46.4 Å². The summed E-state index contributed by atoms with van der Waals surface area (Å²) in [4.78, 5) is 17.1. The topological polar surface area (TPSA) is 47.6 Å². The van der Waals surface area contributed by atoms with Crippen LogP contribution in [0.5, 0.6) is 0 Å². The highest BCUT2D eigenvalue weighted by Crippen LogP contribution is 2.32. The van der Waals surface area contributed by atoms with Crippen molar-refractivity contribution in [2.24, 2.45) is 0 Å². The summed E-state index contributed by atoms with van der Waals surface area (Å²) in [6.07, 6.45) is 2.83. The molecule has 2 aliphatic heterocycles. The van der Waals surface area contributed by atoms with Gasteiger partial charge in [-0.1, -0.05) is 13.8 Å². The SMILES string of the molecule is CCN(CC)C1CCN(c2ccc(NC=C3C(=O)Nc4ccc(F)cc43)cc2)C1. The molecule has 2 aromatic rings. The van der Waals surface area contributed by atoms with E-state index < -0.39 is 0 Å². The van der Waals surface area contributed by atoms with Crippen molar-refractivity contribution in [1.29, 1.82) is 0 Å². The predicted molar refractivity (Wildman–Crippen MR) is 117 cm³/mol. The Bertz CT molecular complexity index is 921. The molecule has 2 N–H and O–H groups in total. The Labute approximate surface area is 171 Å². The molecule has 0 aliphatic carbocycles. The molecular weight excluding hydrogens is 367 g/mol. The standard InChI is InChI=1S/C23H27FN4O/c1-3-27(4-2)19-11-12-28(15-19)18-8-6-17(7-9-18)25-14-21-20-13-16(24)5-10-22(20)26-23(21)29/h5-10,13-14,19,25H,3-4,11-12,15H2,1-2H3,(H,26,29). The summed E-state index contributed by atoms with van der Waals surface area (Å²) in [6.45, 7) is 8.75. The van der Waals surface area contributed by atoms with Crippen molar-refractivity contribution in [3.63, 3.8) is 0 Å². The average molecular weight is 394 g/mol. The van der Waals surface area contributed by atoms with Crippen molar-refractivity contribution < 1.29 is 9.18 Å². The van der Waals surface area contributed by atoms with Crippen molar-refractivity contribution >= 4 is 28.5 Å². The quantitative estimate of drug-likeness (QED) is 0.723. The van der Waals surface area contributed by atoms with Gasteiger partial charge in [-0.25, -0.2) is 4.39 Å². The number of anilines is 3. The average Bonchev–Trinajstić information content (AvgIpc) is 3.32. The molecule has 29 heavy (non-hydrogen) atoms. The molecule has 1 saturated heterocycles. The van der Waals surface area contributed by atoms with Gasteiger partial charge in [0.25, 0.3) is 5.91 Å². The van der Waals surface area contributed by atoms with Gasteiger partial charge in [0.15, 0.2) is 0 Å². The Balaban J connectivity index is 1.43. The minimum atomic E-state index is -0.357. The summed E-state index contributed by atoms with van der Waals surface area (Å²) in [6, 6.07) is 13.2. The van der Waals surface area contributed by atoms with E-state index in [0.717, 1.165) is 31.9 Å². The molecule has 0 spiro atoms. The number of rotatable bonds is 6. The van der Waals surface area contributed by atoms with Gasteiger partial charge >= 0.3 is 0 Å². The molecule has 5 nitrogen and oxygen atoms in total. The summed E-state index contributed by atoms with van der Waals surface area (Å²) < 4.78 is 13.5. The van der Waals surface area contributed by atoms with Gasteiger partial charge in [-0.3, -0.25) is 9.69 Å². The largest absolute Gasteiger partial charge is 0.370 e. The maximum Gasteiger partial charge on any atom is 0.257 e. The lowest BCUT2D eigenvalue weighted by Gasteiger charge is -2.26. The van der Waals surface area contributed by atoms with Crippen LogP contribution in [0.4, 0.5) is 21.5 Å². The number of hydrogen-bond donors (Lipinski definition) is 2. The molecular formula is C23H27FN4O. The predicted octanol–water partition coefficient (Wildman–Crippen LogP) is 4.15. The van der Waals surface area contributed by atoms with E-state index in [-0.39, 0.29) is 11.7 Å². The van der Waals surface area contributed by atoms with Crippen LogP contribution >= 0.6 is 0 Å². The van der Waals surface area contributed by atoms with Gasteiger partial charge in [0.2, 0.25) is 0 Å². The zero-order valence-corrected chi connectivity index (χ0v) is 16.9. The fourth-order valence-corrected chi connectivity index (χ4v) is 4.24. The number of nitrogens with zero attached hydrogens (tertiary/aromatic N) is 2. The van der Waals surface area contributed by atoms with Gasteiger partial charge in [-0.15, -0.1) is 0 Å². The smallest absolute Gasteiger partial charge is 0.257 e. The first-order valence-corrected chi connectivity index (χ1v) is 10.3. The van der Waals surface area contributed by atoms with Crippen LogP contribution < -0.4 is 15.5 Å². The van der Waals surface area contributed by atoms with Gasteiger partial charge in [0.1, 0.15) is 5.82 Å². The van der Waals surface area contributed by atoms with E-state index >= 15 is 0 Å². The van der Waals surface area contributed by atoms with Gasteiger partial charge in [0.05, 0.1) is 5.57 Å². The molecule has 2 heterocycles. The second-order valence-corrected chi connectivity index (χ2v) is 7.50. The first kappa shape index (κ1) is 19.5. The summed E-state index contributed by atoms with van der Waals surface area (Å²) in [5.41, 5.74) is 3.75. The number of likely N-dealkylation sites (N-methyl/N-ethyl adjacent to an activating group) is 1. The summed E-state index contributed by atoms with van der Waals surface area (Å²) >= 11 is 0. The number of benzene rings is 2. The molecule has 0 radical (unpaired) electrons. The summed E-state index contributed by atoms with van der Waals surface area (Å²) in [7, 11) is 0. The van der Waals surface area contributed by atoms with E-state index in [1.165, 1.54) is 24.2 Å². The highest BCUT2D eigenvalue weighted by molar-refractivity contribution is 6.31. The van der Waals surface area contributed by atoms with Gasteiger partial charge in [-0.05, 0) is 62.0 Å². The first-order chi connectivity index (χ1) is 14.1. The lowest BCUT2D eigenvalue weighted by Crippen LogP contribution is -2.37. The lowest BCUT2D eigenvalue weighted by molar-refractivity contribution is -0.110. The molecule has 0 saturated carbocycles. The van der Waals surface area contributed by atoms with Gasteiger partial charge < -0.3 is 15.5 Å². The highest BCUT2D eigenvalue weighted by atomic mass is 19.1. The molecule has 1 fully saturated rings. The van der Waals surface area contributed by atoms with E-state index in [4.69, 9.17) is 0 Å². The van der Waals surface area contributed by atoms with E-state index in [9.17, 15) is 9.18 Å². The zero-order chi connectivity index (χ0) is 20.4. The molecule has 4 rings (SSSR count). The highest BCUT2D eigenvalue weighted by Gasteiger charge is 2.26. The Hall–Kier alpha value is -2.86. The van der Waals surface area contributed by atoms with Gasteiger partial charge in [0, 0.05) is 48.0 Å². The molecule has 6 heteroatoms. The van der Waals surface area contributed by atoms with Crippen LogP contribution in [-0.4, -0.2) is 43.0 Å². The van der Waals surface area contributed by atoms with Crippen molar-refractivity contribution in [3.05, 3.63) is 60.0 Å². The maximum absolute atomic E-state index is 13.5. The number of amides is 1. The number of fused-ring (bicyclic) bond motifs is 1. The number of carbonyl (C=O) groups is 1. The lowest BCUT2D eigenvalue weighted by atomic mass is 10.1. The minimum Gasteiger partial charge on any atom is -0.370 e. The fraction of sp³-hybridized carbons (Fsp3) is 0.348. The van der Waals surface area contributed by atoms with Crippen molar-refractivity contribution in [3.8, 4) is 0 Å². The second-order valence-electron chi connectivity index (χ2n) is 7.50. The second kappa shape index (κ2) is 8.25. The molecule has 0 aromatic heterocycles. The van der Waals surface area contributed by atoms with Gasteiger partial charge in [-0.2, -0.15) is 0 Å². The summed E-state index contributed by atoms with van der Waals surface area (Å²) in [5.74, 6) is -0.585. The van der Waals surface area contributed by atoms with Crippen molar-refractivity contribution in [2.45, 2.75) is 26.3 Å². The third-order valence-corrected chi connectivity index (χ3v) is 5.87. The molecule has 2 aromatic carbocycles. The Morgan fingerprint density at radius 3 is 2.69 bits per heavy atom. The Kier molecular flexibility index (Phi) is 5.53. The van der Waals surface area contributed by atoms with Crippen LogP contribution in [0.3, 0.4) is 0 Å². The number of carbonyl (C=O) groups excluding carboxylic acids is 1. The summed E-state index contributed by atoms with van der Waals surface area (Å²) in [5, 5.41) is 5.92. The van der Waals surface area contributed by atoms with E-state index in [1.54, 1.807) is 12.3 Å². The van der Waals surface area contributed by atoms with E-state index in [1.807, 2.05) is 12.1 Å². The third-order valence-electron chi connectivity index (χ3n) is 5.87. The van der Waals surface area contributed by atoms with Crippen LogP contribution in [0.1, 0.15) is 25.8 Å². The Morgan fingerprint density at radius 1 is 1.21 bits per heavy atom. The number of nitrogens with one attached hydrogen (secondary N) is 2. The number of hydrogen-bond acceptors (Lipinski definition) is 4. The van der Waals surface area contributed by atoms with Crippen LogP contribution in [-0.2, 0) is 4.79 Å². The molecule has 1 atom stereocenters. The van der Waals surface area contributed by atoms with Crippen molar-refractivity contribution in [2.75, 3.05) is 41.7 Å². The normalized spacial score (nSPS) is 19.7. The van der Waals surface area contributed by atoms with Crippen LogP contribution in [0.15, 0.2) is 48.7 Å². The minimum absolute atomic E-state index is 0.228. The molecule has 152 valence electrons. The van der Waals surface area contributed by atoms with Crippen LogP contribution in [0, 0.1) is 5.82 Å². The number of halogens is 1. The zero-order valence-electron chi connectivity index (χ0n) is 16.9. The maximum atomic E-state index is 13.5. The first-order valence-electron chi connectivity index (χ1n) is 10.3. The fourth-order valence-electron chi connectivity index (χ4n) is 4.24. The Morgan fingerprint density at radius 2 is 1.97 bits per heavy atom. The third kappa shape index (κ3) is 3.98. The van der Waals surface area contributed by atoms with Crippen LogP contribution in [0.25, 0.3) is 5.57 Å².